The SMILES string of the molecule is C/C(=N\N(C)c1ccccc1)c1cc2cc(/C=N/N(c3ccc(C)cc3)c3ccc(C)cc3)ccc2o1. The van der Waals surface area contributed by atoms with Gasteiger partial charge in [-0.2, -0.15) is 10.2 Å². The number of hydrogen-bond acceptors (Lipinski definition) is 5. The third kappa shape index (κ3) is 5.62. The summed E-state index contributed by atoms with van der Waals surface area (Å²) in [6, 6.07) is 34.9. The summed E-state index contributed by atoms with van der Waals surface area (Å²) < 4.78 is 6.10. The molecule has 184 valence electrons. The minimum absolute atomic E-state index is 0.743. The average Bonchev–Trinajstić information content (AvgIpc) is 3.35. The van der Waals surface area contributed by atoms with Crippen molar-refractivity contribution in [3.63, 3.8) is 0 Å². The zero-order valence-electron chi connectivity index (χ0n) is 21.6. The molecule has 0 saturated carbocycles. The van der Waals surface area contributed by atoms with E-state index in [0.717, 1.165) is 45.1 Å². The van der Waals surface area contributed by atoms with Gasteiger partial charge in [-0.05, 0) is 87.0 Å². The smallest absolute Gasteiger partial charge is 0.151 e. The molecule has 4 aromatic carbocycles. The van der Waals surface area contributed by atoms with Crippen LogP contribution in [0, 0.1) is 13.8 Å². The molecule has 0 bridgehead atoms. The van der Waals surface area contributed by atoms with Gasteiger partial charge in [-0.25, -0.2) is 5.01 Å². The van der Waals surface area contributed by atoms with Crippen molar-refractivity contribution in [2.45, 2.75) is 20.8 Å². The first kappa shape index (κ1) is 24.1. The number of fused-ring (bicyclic) bond motifs is 1. The van der Waals surface area contributed by atoms with Gasteiger partial charge in [-0.15, -0.1) is 0 Å². The summed E-state index contributed by atoms with van der Waals surface area (Å²) in [5.41, 5.74) is 8.07. The van der Waals surface area contributed by atoms with Gasteiger partial charge in [-0.3, -0.25) is 5.01 Å². The van der Waals surface area contributed by atoms with Gasteiger partial charge in [0.15, 0.2) is 5.76 Å². The van der Waals surface area contributed by atoms with E-state index in [4.69, 9.17) is 14.6 Å². The van der Waals surface area contributed by atoms with Gasteiger partial charge >= 0.3 is 0 Å². The molecule has 5 rings (SSSR count). The highest BCUT2D eigenvalue weighted by molar-refractivity contribution is 6.01. The van der Waals surface area contributed by atoms with E-state index in [1.165, 1.54) is 11.1 Å². The van der Waals surface area contributed by atoms with Crippen LogP contribution in [0.3, 0.4) is 0 Å². The van der Waals surface area contributed by atoms with E-state index in [0.29, 0.717) is 0 Å². The maximum Gasteiger partial charge on any atom is 0.151 e. The molecule has 0 unspecified atom stereocenters. The maximum atomic E-state index is 6.10. The molecule has 1 aromatic heterocycles. The molecule has 5 heteroatoms. The predicted molar refractivity (Wildman–Crippen MR) is 155 cm³/mol. The number of rotatable bonds is 7. The van der Waals surface area contributed by atoms with Gasteiger partial charge in [0.2, 0.25) is 0 Å². The fourth-order valence-electron chi connectivity index (χ4n) is 4.07. The lowest BCUT2D eigenvalue weighted by Crippen LogP contribution is -2.11. The molecule has 0 aliphatic heterocycles. The molecule has 0 fully saturated rings. The van der Waals surface area contributed by atoms with Crippen molar-refractivity contribution in [2.24, 2.45) is 10.2 Å². The van der Waals surface area contributed by atoms with Gasteiger partial charge < -0.3 is 4.42 Å². The second kappa shape index (κ2) is 10.5. The first-order valence-corrected chi connectivity index (χ1v) is 12.3. The van der Waals surface area contributed by atoms with Gasteiger partial charge in [-0.1, -0.05) is 53.6 Å². The highest BCUT2D eigenvalue weighted by Crippen LogP contribution is 2.27. The van der Waals surface area contributed by atoms with Crippen molar-refractivity contribution in [2.75, 3.05) is 17.1 Å². The standard InChI is InChI=1S/C32H30N4O/c1-23-10-15-29(16-11-23)36(30-17-12-24(2)13-18-30)33-22-26-14-19-31-27(20-26)21-32(37-31)25(3)34-35(4)28-8-6-5-7-9-28/h5-22H,1-4H3/b33-22+,34-25+. The summed E-state index contributed by atoms with van der Waals surface area (Å²) in [4.78, 5) is 0. The largest absolute Gasteiger partial charge is 0.455 e. The van der Waals surface area contributed by atoms with Crippen LogP contribution in [0.15, 0.2) is 118 Å². The second-order valence-corrected chi connectivity index (χ2v) is 9.18. The summed E-state index contributed by atoms with van der Waals surface area (Å²) in [6.07, 6.45) is 1.88. The number of benzene rings is 4. The first-order valence-electron chi connectivity index (χ1n) is 12.3. The number of anilines is 3. The zero-order chi connectivity index (χ0) is 25.8. The van der Waals surface area contributed by atoms with E-state index in [1.54, 1.807) is 0 Å². The molecular weight excluding hydrogens is 456 g/mol. The molecule has 37 heavy (non-hydrogen) atoms. The second-order valence-electron chi connectivity index (χ2n) is 9.18. The van der Waals surface area contributed by atoms with Crippen LogP contribution in [0.1, 0.15) is 29.4 Å². The first-order chi connectivity index (χ1) is 18.0. The Bertz CT molecular complexity index is 1500. The Morgan fingerprint density at radius 2 is 1.35 bits per heavy atom. The molecule has 0 radical (unpaired) electrons. The van der Waals surface area contributed by atoms with E-state index >= 15 is 0 Å². The summed E-state index contributed by atoms with van der Waals surface area (Å²) in [7, 11) is 1.93. The van der Waals surface area contributed by atoms with Crippen LogP contribution in [-0.4, -0.2) is 19.0 Å². The molecule has 0 aliphatic rings. The minimum atomic E-state index is 0.743. The van der Waals surface area contributed by atoms with E-state index in [-0.39, 0.29) is 0 Å². The fraction of sp³-hybridized carbons (Fsp3) is 0.125. The number of hydrazone groups is 2. The average molecular weight is 487 g/mol. The number of nitrogens with zero attached hydrogens (tertiary/aromatic N) is 4. The summed E-state index contributed by atoms with van der Waals surface area (Å²) in [5, 5.41) is 14.4. The monoisotopic (exact) mass is 486 g/mol. The number of aryl methyl sites for hydroxylation is 2. The van der Waals surface area contributed by atoms with Crippen LogP contribution < -0.4 is 10.0 Å². The van der Waals surface area contributed by atoms with Crippen molar-refractivity contribution in [1.82, 2.24) is 0 Å². The Hall–Kier alpha value is -4.64. The molecule has 5 nitrogen and oxygen atoms in total. The van der Waals surface area contributed by atoms with Crippen LogP contribution in [-0.2, 0) is 0 Å². The number of para-hydroxylation sites is 1. The molecule has 0 saturated heterocycles. The third-order valence-corrected chi connectivity index (χ3v) is 6.21. The van der Waals surface area contributed by atoms with Crippen LogP contribution >= 0.6 is 0 Å². The Balaban J connectivity index is 1.42. The van der Waals surface area contributed by atoms with E-state index in [9.17, 15) is 0 Å². The molecule has 0 aliphatic carbocycles. The van der Waals surface area contributed by atoms with Gasteiger partial charge in [0, 0.05) is 12.4 Å². The van der Waals surface area contributed by atoms with E-state index < -0.39 is 0 Å². The summed E-state index contributed by atoms with van der Waals surface area (Å²) in [6.45, 7) is 6.13. The van der Waals surface area contributed by atoms with Crippen molar-refractivity contribution in [1.29, 1.82) is 0 Å². The van der Waals surface area contributed by atoms with Gasteiger partial charge in [0.05, 0.1) is 23.3 Å². The third-order valence-electron chi connectivity index (χ3n) is 6.21. The fourth-order valence-corrected chi connectivity index (χ4v) is 4.07. The number of furan rings is 1. The molecule has 0 spiro atoms. The van der Waals surface area contributed by atoms with Gasteiger partial charge in [0.25, 0.3) is 0 Å². The quantitative estimate of drug-likeness (QED) is 0.172. The lowest BCUT2D eigenvalue weighted by molar-refractivity contribution is 0.603. The number of hydrogen-bond donors (Lipinski definition) is 0. The molecule has 5 aromatic rings. The maximum absolute atomic E-state index is 6.10. The molecule has 0 amide bonds. The Morgan fingerprint density at radius 3 is 1.97 bits per heavy atom. The molecule has 0 atom stereocenters. The lowest BCUT2D eigenvalue weighted by Gasteiger charge is -2.19. The lowest BCUT2D eigenvalue weighted by atomic mass is 10.1. The highest BCUT2D eigenvalue weighted by atomic mass is 16.3. The van der Waals surface area contributed by atoms with Crippen molar-refractivity contribution in [3.8, 4) is 0 Å². The highest BCUT2D eigenvalue weighted by Gasteiger charge is 2.10. The van der Waals surface area contributed by atoms with Crippen LogP contribution in [0.4, 0.5) is 17.1 Å². The molecule has 0 N–H and O–H groups in total. The molecule has 1 heterocycles. The zero-order valence-corrected chi connectivity index (χ0v) is 21.6. The summed E-state index contributed by atoms with van der Waals surface area (Å²) >= 11 is 0. The summed E-state index contributed by atoms with van der Waals surface area (Å²) in [5.74, 6) is 0.743. The Kier molecular flexibility index (Phi) is 6.86. The van der Waals surface area contributed by atoms with Crippen molar-refractivity contribution < 1.29 is 4.42 Å². The van der Waals surface area contributed by atoms with Crippen molar-refractivity contribution >= 4 is 40.0 Å². The molecular formula is C32H30N4O. The van der Waals surface area contributed by atoms with Crippen LogP contribution in [0.5, 0.6) is 0 Å². The predicted octanol–water partition coefficient (Wildman–Crippen LogP) is 8.08. The normalized spacial score (nSPS) is 11.8. The van der Waals surface area contributed by atoms with Crippen LogP contribution in [0.25, 0.3) is 11.0 Å². The van der Waals surface area contributed by atoms with Gasteiger partial charge in [0.1, 0.15) is 11.3 Å². The Morgan fingerprint density at radius 1 is 0.730 bits per heavy atom. The topological polar surface area (TPSA) is 44.3 Å². The van der Waals surface area contributed by atoms with Crippen LogP contribution in [0.2, 0.25) is 0 Å². The van der Waals surface area contributed by atoms with Crippen molar-refractivity contribution in [3.05, 3.63) is 126 Å². The van der Waals surface area contributed by atoms with E-state index in [2.05, 4.69) is 68.4 Å². The van der Waals surface area contributed by atoms with E-state index in [1.807, 2.05) is 78.7 Å². The minimum Gasteiger partial charge on any atom is -0.455 e. The Labute approximate surface area is 218 Å².